The maximum atomic E-state index is 11.9. The molecular formula is C21H29N7O2. The average Bonchev–Trinajstić information content (AvgIpc) is 2.73. The van der Waals surface area contributed by atoms with Crippen molar-refractivity contribution in [2.75, 3.05) is 24.7 Å². The van der Waals surface area contributed by atoms with Crippen LogP contribution >= 0.6 is 0 Å². The summed E-state index contributed by atoms with van der Waals surface area (Å²) in [5.74, 6) is 0.596. The summed E-state index contributed by atoms with van der Waals surface area (Å²) in [7, 11) is 1.84. The van der Waals surface area contributed by atoms with Crippen LogP contribution in [0, 0.1) is 0 Å². The number of nitrogens with two attached hydrogens (primary N) is 1. The molecule has 0 fully saturated rings. The maximum Gasteiger partial charge on any atom is 0.248 e. The number of unbranched alkanes of at least 4 members (excludes halogenated alkanes) is 1. The van der Waals surface area contributed by atoms with Gasteiger partial charge in [0.1, 0.15) is 5.52 Å². The minimum Gasteiger partial charge on any atom is -0.394 e. The van der Waals surface area contributed by atoms with Crippen LogP contribution in [0.1, 0.15) is 38.7 Å². The normalized spacial score (nSPS) is 13.3. The van der Waals surface area contributed by atoms with Crippen molar-refractivity contribution in [3.05, 3.63) is 40.4 Å². The van der Waals surface area contributed by atoms with Crippen LogP contribution < -0.4 is 21.9 Å². The molecule has 9 heteroatoms. The Labute approximate surface area is 175 Å². The first kappa shape index (κ1) is 21.7. The molecule has 0 bridgehead atoms. The Hall–Kier alpha value is -3.04. The van der Waals surface area contributed by atoms with Gasteiger partial charge in [-0.15, -0.1) is 0 Å². The Bertz CT molecular complexity index is 1080. The fourth-order valence-electron chi connectivity index (χ4n) is 3.41. The van der Waals surface area contributed by atoms with Gasteiger partial charge in [-0.2, -0.15) is 4.98 Å². The van der Waals surface area contributed by atoms with Gasteiger partial charge in [0.15, 0.2) is 5.82 Å². The lowest BCUT2D eigenvalue weighted by Gasteiger charge is -2.29. The topological polar surface area (TPSA) is 142 Å². The third-order valence-corrected chi connectivity index (χ3v) is 5.09. The van der Waals surface area contributed by atoms with Crippen molar-refractivity contribution in [3.63, 3.8) is 0 Å². The van der Waals surface area contributed by atoms with Crippen LogP contribution in [0.2, 0.25) is 0 Å². The molecule has 3 rings (SSSR count). The van der Waals surface area contributed by atoms with Crippen LogP contribution in [0.15, 0.2) is 29.3 Å². The molecule has 0 unspecified atom stereocenters. The summed E-state index contributed by atoms with van der Waals surface area (Å²) in [5, 5.41) is 16.3. The number of anilines is 2. The highest BCUT2D eigenvalue weighted by molar-refractivity contribution is 5.89. The number of aliphatic hydroxyl groups excluding tert-OH is 1. The Balaban J connectivity index is 2.07. The van der Waals surface area contributed by atoms with Crippen LogP contribution in [0.25, 0.3) is 22.2 Å². The molecule has 6 N–H and O–H groups in total. The second kappa shape index (κ2) is 9.19. The largest absolute Gasteiger partial charge is 0.394 e. The van der Waals surface area contributed by atoms with Crippen LogP contribution in [0.4, 0.5) is 11.8 Å². The minimum absolute atomic E-state index is 0.0450. The molecule has 1 atom stereocenters. The molecule has 3 aromatic rings. The van der Waals surface area contributed by atoms with Gasteiger partial charge in [0, 0.05) is 30.6 Å². The standard InChI is InChI=1S/C21H29N7O2/c1-4-5-6-21(2,12-29)28-19-18-16(26-20(22)27-19)7-13(10-25-18)15-8-17(30)24-11-14(15)9-23-3/h7-8,10-11,23,29H,4-6,9,12H2,1-3H3,(H,24,30)(H3,22,26,27,28)/t21-/m1/s1. The van der Waals surface area contributed by atoms with E-state index in [1.54, 1.807) is 18.5 Å². The number of nitrogens with zero attached hydrogens (tertiary/aromatic N) is 3. The molecule has 30 heavy (non-hydrogen) atoms. The second-order valence-electron chi connectivity index (χ2n) is 7.74. The zero-order chi connectivity index (χ0) is 21.7. The monoisotopic (exact) mass is 411 g/mol. The number of fused-ring (bicyclic) bond motifs is 1. The second-order valence-corrected chi connectivity index (χ2v) is 7.74. The van der Waals surface area contributed by atoms with Crippen molar-refractivity contribution in [3.8, 4) is 11.1 Å². The molecule has 0 aliphatic rings. The molecule has 0 radical (unpaired) electrons. The van der Waals surface area contributed by atoms with E-state index in [2.05, 4.69) is 37.5 Å². The predicted molar refractivity (Wildman–Crippen MR) is 119 cm³/mol. The quantitative estimate of drug-likeness (QED) is 0.360. The Kier molecular flexibility index (Phi) is 6.63. The van der Waals surface area contributed by atoms with Crippen LogP contribution in [0.3, 0.4) is 0 Å². The lowest BCUT2D eigenvalue weighted by molar-refractivity contribution is 0.212. The summed E-state index contributed by atoms with van der Waals surface area (Å²) in [6.07, 6.45) is 6.17. The molecule has 3 heterocycles. The fourth-order valence-corrected chi connectivity index (χ4v) is 3.41. The zero-order valence-corrected chi connectivity index (χ0v) is 17.6. The molecule has 0 aromatic carbocycles. The summed E-state index contributed by atoms with van der Waals surface area (Å²) < 4.78 is 0. The number of H-pyrrole nitrogens is 1. The molecular weight excluding hydrogens is 382 g/mol. The number of nitrogens with one attached hydrogen (secondary N) is 3. The highest BCUT2D eigenvalue weighted by Crippen LogP contribution is 2.29. The molecule has 0 aliphatic heterocycles. The van der Waals surface area contributed by atoms with Crippen molar-refractivity contribution in [2.24, 2.45) is 0 Å². The van der Waals surface area contributed by atoms with E-state index in [9.17, 15) is 9.90 Å². The molecule has 0 amide bonds. The van der Waals surface area contributed by atoms with Crippen LogP contribution in [0.5, 0.6) is 0 Å². The fraction of sp³-hybridized carbons (Fsp3) is 0.429. The molecule has 160 valence electrons. The van der Waals surface area contributed by atoms with Gasteiger partial charge < -0.3 is 26.5 Å². The van der Waals surface area contributed by atoms with Crippen molar-refractivity contribution in [1.82, 2.24) is 25.3 Å². The van der Waals surface area contributed by atoms with Crippen molar-refractivity contribution in [1.29, 1.82) is 0 Å². The maximum absolute atomic E-state index is 11.9. The molecule has 0 saturated carbocycles. The minimum atomic E-state index is -0.545. The number of aromatic amines is 1. The summed E-state index contributed by atoms with van der Waals surface area (Å²) in [5.41, 5.74) is 8.82. The summed E-state index contributed by atoms with van der Waals surface area (Å²) in [6, 6.07) is 3.40. The molecule has 3 aromatic heterocycles. The van der Waals surface area contributed by atoms with Gasteiger partial charge in [-0.05, 0) is 37.6 Å². The van der Waals surface area contributed by atoms with Crippen molar-refractivity contribution < 1.29 is 5.11 Å². The first-order valence-corrected chi connectivity index (χ1v) is 10.1. The van der Waals surface area contributed by atoms with Gasteiger partial charge >= 0.3 is 0 Å². The highest BCUT2D eigenvalue weighted by atomic mass is 16.3. The van der Waals surface area contributed by atoms with E-state index in [0.717, 1.165) is 36.0 Å². The lowest BCUT2D eigenvalue weighted by atomic mass is 9.96. The third-order valence-electron chi connectivity index (χ3n) is 5.09. The smallest absolute Gasteiger partial charge is 0.248 e. The first-order chi connectivity index (χ1) is 14.4. The number of nitrogen functional groups attached to an aromatic ring is 1. The molecule has 0 spiro atoms. The highest BCUT2D eigenvalue weighted by Gasteiger charge is 2.25. The Morgan fingerprint density at radius 2 is 2.10 bits per heavy atom. The van der Waals surface area contributed by atoms with Crippen molar-refractivity contribution in [2.45, 2.75) is 45.2 Å². The van der Waals surface area contributed by atoms with Gasteiger partial charge in [0.2, 0.25) is 11.5 Å². The van der Waals surface area contributed by atoms with Crippen LogP contribution in [-0.4, -0.2) is 44.2 Å². The molecule has 0 saturated heterocycles. The van der Waals surface area contributed by atoms with E-state index >= 15 is 0 Å². The summed E-state index contributed by atoms with van der Waals surface area (Å²) in [6.45, 7) is 4.60. The van der Waals surface area contributed by atoms with Crippen LogP contribution in [-0.2, 0) is 6.54 Å². The Morgan fingerprint density at radius 3 is 2.80 bits per heavy atom. The zero-order valence-electron chi connectivity index (χ0n) is 17.6. The van der Waals surface area contributed by atoms with Gasteiger partial charge in [-0.25, -0.2) is 4.98 Å². The van der Waals surface area contributed by atoms with Gasteiger partial charge in [0.05, 0.1) is 17.7 Å². The molecule has 9 nitrogen and oxygen atoms in total. The summed E-state index contributed by atoms with van der Waals surface area (Å²) in [4.78, 5) is 27.8. The van der Waals surface area contributed by atoms with E-state index in [-0.39, 0.29) is 18.1 Å². The van der Waals surface area contributed by atoms with Gasteiger partial charge in [0.25, 0.3) is 0 Å². The third kappa shape index (κ3) is 4.74. The Morgan fingerprint density at radius 1 is 1.30 bits per heavy atom. The number of rotatable bonds is 9. The lowest BCUT2D eigenvalue weighted by Crippen LogP contribution is -2.39. The SMILES string of the molecule is CCCC[C@](C)(CO)Nc1nc(N)nc2cc(-c3cc(=O)[nH]cc3CNC)cnc12. The molecule has 0 aliphatic carbocycles. The first-order valence-electron chi connectivity index (χ1n) is 10.1. The van der Waals surface area contributed by atoms with Gasteiger partial charge in [-0.3, -0.25) is 9.78 Å². The number of aliphatic hydroxyl groups is 1. The average molecular weight is 412 g/mol. The predicted octanol–water partition coefficient (Wildman–Crippen LogP) is 2.03. The number of pyridine rings is 2. The van der Waals surface area contributed by atoms with Crippen molar-refractivity contribution >= 4 is 22.8 Å². The van der Waals surface area contributed by atoms with E-state index in [1.165, 1.54) is 0 Å². The van der Waals surface area contributed by atoms with E-state index in [1.807, 2.05) is 20.0 Å². The number of aromatic nitrogens is 4. The van der Waals surface area contributed by atoms with E-state index in [4.69, 9.17) is 5.73 Å². The number of hydrogen-bond acceptors (Lipinski definition) is 8. The van der Waals surface area contributed by atoms with Gasteiger partial charge in [-0.1, -0.05) is 19.8 Å². The number of hydrogen-bond donors (Lipinski definition) is 5. The van der Waals surface area contributed by atoms with E-state index in [0.29, 0.717) is 23.4 Å². The van der Waals surface area contributed by atoms with E-state index < -0.39 is 5.54 Å². The summed E-state index contributed by atoms with van der Waals surface area (Å²) >= 11 is 0.